The van der Waals surface area contributed by atoms with E-state index in [0.717, 1.165) is 61.9 Å². The summed E-state index contributed by atoms with van der Waals surface area (Å²) in [6.07, 6.45) is 11.6. The molecule has 5 aromatic rings. The molecule has 0 amide bonds. The second-order valence-corrected chi connectivity index (χ2v) is 8.97. The summed E-state index contributed by atoms with van der Waals surface area (Å²) < 4.78 is 0. The van der Waals surface area contributed by atoms with E-state index in [0.29, 0.717) is 6.04 Å². The Morgan fingerprint density at radius 3 is 2.75 bits per heavy atom. The van der Waals surface area contributed by atoms with Gasteiger partial charge in [0.1, 0.15) is 11.2 Å². The molecule has 0 unspecified atom stereocenters. The number of hydrogen-bond acceptors (Lipinski definition) is 5. The highest BCUT2D eigenvalue weighted by molar-refractivity contribution is 5.92. The third-order valence-electron chi connectivity index (χ3n) is 5.85. The molecule has 0 fully saturated rings. The highest BCUT2D eigenvalue weighted by Crippen LogP contribution is 2.32. The van der Waals surface area contributed by atoms with Gasteiger partial charge >= 0.3 is 0 Å². The van der Waals surface area contributed by atoms with E-state index >= 15 is 0 Å². The summed E-state index contributed by atoms with van der Waals surface area (Å²) in [5.41, 5.74) is 10.2. The number of nitrogens with zero attached hydrogens (tertiary/aromatic N) is 4. The number of anilines is 1. The number of rotatable bonds is 7. The van der Waals surface area contributed by atoms with Crippen LogP contribution < -0.4 is 5.32 Å². The summed E-state index contributed by atoms with van der Waals surface area (Å²) in [6.45, 7) is 8.28. The molecule has 0 saturated carbocycles. The molecular weight excluding hydrogens is 446 g/mol. The summed E-state index contributed by atoms with van der Waals surface area (Å²) in [7, 11) is 0. The first kappa shape index (κ1) is 23.2. The van der Waals surface area contributed by atoms with Crippen molar-refractivity contribution < 1.29 is 0 Å². The number of nitrogens with one attached hydrogen (secondary N) is 3. The first-order valence-corrected chi connectivity index (χ1v) is 12.1. The molecule has 5 heterocycles. The fraction of sp³-hybridized carbons (Fsp3) is 0.172. The fourth-order valence-electron chi connectivity index (χ4n) is 4.23. The predicted molar refractivity (Wildman–Crippen MR) is 147 cm³/mol. The highest BCUT2D eigenvalue weighted by Gasteiger charge is 2.17. The summed E-state index contributed by atoms with van der Waals surface area (Å²) in [4.78, 5) is 17.5. The molecule has 0 radical (unpaired) electrons. The quantitative estimate of drug-likeness (QED) is 0.232. The normalized spacial score (nSPS) is 12.2. The Labute approximate surface area is 210 Å². The smallest absolute Gasteiger partial charge is 0.135 e. The Bertz CT molecular complexity index is 1560. The van der Waals surface area contributed by atoms with Crippen LogP contribution in [0.5, 0.6) is 0 Å². The Balaban J connectivity index is 1.57. The van der Waals surface area contributed by atoms with Crippen molar-refractivity contribution in [3.05, 3.63) is 96.2 Å². The molecule has 36 heavy (non-hydrogen) atoms. The van der Waals surface area contributed by atoms with E-state index in [-0.39, 0.29) is 0 Å². The molecule has 5 aromatic heterocycles. The van der Waals surface area contributed by atoms with Crippen LogP contribution in [-0.2, 0) is 0 Å². The Kier molecular flexibility index (Phi) is 6.45. The van der Waals surface area contributed by atoms with Gasteiger partial charge in [-0.2, -0.15) is 5.10 Å². The first-order valence-electron chi connectivity index (χ1n) is 12.1. The van der Waals surface area contributed by atoms with Gasteiger partial charge in [0.25, 0.3) is 0 Å². The maximum atomic E-state index is 4.97. The number of fused-ring (bicyclic) bond motifs is 1. The topological polar surface area (TPSA) is 95.2 Å². The highest BCUT2D eigenvalue weighted by atomic mass is 15.1. The van der Waals surface area contributed by atoms with Gasteiger partial charge in [-0.25, -0.2) is 4.98 Å². The van der Waals surface area contributed by atoms with Crippen LogP contribution in [0.15, 0.2) is 79.3 Å². The summed E-state index contributed by atoms with van der Waals surface area (Å²) in [5, 5.41) is 11.1. The zero-order valence-electron chi connectivity index (χ0n) is 20.9. The molecule has 0 atom stereocenters. The van der Waals surface area contributed by atoms with Crippen molar-refractivity contribution in [1.29, 1.82) is 0 Å². The van der Waals surface area contributed by atoms with Crippen LogP contribution in [0.25, 0.3) is 39.3 Å². The average Bonchev–Trinajstić information content (AvgIpc) is 3.47. The molecule has 180 valence electrons. The van der Waals surface area contributed by atoms with E-state index in [1.807, 2.05) is 68.0 Å². The molecule has 7 heteroatoms. The minimum atomic E-state index is 0.320. The van der Waals surface area contributed by atoms with E-state index < -0.39 is 0 Å². The van der Waals surface area contributed by atoms with Crippen molar-refractivity contribution in [2.75, 3.05) is 5.32 Å². The van der Waals surface area contributed by atoms with Gasteiger partial charge in [0, 0.05) is 47.0 Å². The fourth-order valence-corrected chi connectivity index (χ4v) is 4.23. The standard InChI is InChI=1S/C29H29N7/c1-5-6-9-22(25-10-7-8-13-31-25)23-15-27(33-19(23)4)29-28-26(35-36-29)12-11-24(34-28)20-14-21(17-30-16-20)32-18(2)3/h5-18,32-33H,1-4H3,(H,35,36)/b6-5-,22-9+. The van der Waals surface area contributed by atoms with E-state index in [9.17, 15) is 0 Å². The Morgan fingerprint density at radius 2 is 1.97 bits per heavy atom. The van der Waals surface area contributed by atoms with Crippen molar-refractivity contribution in [3.8, 4) is 22.6 Å². The van der Waals surface area contributed by atoms with Crippen LogP contribution >= 0.6 is 0 Å². The van der Waals surface area contributed by atoms with Crippen molar-refractivity contribution >= 4 is 22.3 Å². The van der Waals surface area contributed by atoms with Gasteiger partial charge in [-0.3, -0.25) is 15.1 Å². The van der Waals surface area contributed by atoms with Gasteiger partial charge in [0.05, 0.1) is 28.3 Å². The molecule has 0 aromatic carbocycles. The molecule has 0 aliphatic heterocycles. The average molecular weight is 476 g/mol. The van der Waals surface area contributed by atoms with Crippen LogP contribution in [0.4, 0.5) is 5.69 Å². The number of aromatic nitrogens is 6. The molecule has 0 spiro atoms. The lowest BCUT2D eigenvalue weighted by atomic mass is 10.0. The van der Waals surface area contributed by atoms with E-state index in [2.05, 4.69) is 69.4 Å². The van der Waals surface area contributed by atoms with Crippen LogP contribution in [-0.4, -0.2) is 36.2 Å². The Hall–Kier alpha value is -4.52. The third-order valence-corrected chi connectivity index (χ3v) is 5.85. The van der Waals surface area contributed by atoms with Crippen LogP contribution in [0, 0.1) is 6.92 Å². The number of aromatic amines is 2. The van der Waals surface area contributed by atoms with Gasteiger partial charge in [0.2, 0.25) is 0 Å². The molecule has 0 aliphatic carbocycles. The molecular formula is C29H29N7. The van der Waals surface area contributed by atoms with E-state index in [1.54, 1.807) is 0 Å². The predicted octanol–water partition coefficient (Wildman–Crippen LogP) is 6.55. The Morgan fingerprint density at radius 1 is 1.08 bits per heavy atom. The third kappa shape index (κ3) is 4.68. The summed E-state index contributed by atoms with van der Waals surface area (Å²) >= 11 is 0. The van der Waals surface area contributed by atoms with Gasteiger partial charge < -0.3 is 10.3 Å². The minimum absolute atomic E-state index is 0.320. The number of allylic oxidation sites excluding steroid dienone is 3. The molecule has 7 nitrogen and oxygen atoms in total. The zero-order valence-corrected chi connectivity index (χ0v) is 20.9. The summed E-state index contributed by atoms with van der Waals surface area (Å²) in [5.74, 6) is 0. The van der Waals surface area contributed by atoms with Gasteiger partial charge in [-0.1, -0.05) is 24.3 Å². The maximum Gasteiger partial charge on any atom is 0.135 e. The summed E-state index contributed by atoms with van der Waals surface area (Å²) in [6, 6.07) is 14.5. The lowest BCUT2D eigenvalue weighted by molar-refractivity contribution is 0.898. The second kappa shape index (κ2) is 10.00. The molecule has 0 bridgehead atoms. The molecule has 0 saturated heterocycles. The molecule has 0 aliphatic rings. The number of H-pyrrole nitrogens is 2. The maximum absolute atomic E-state index is 4.97. The number of pyridine rings is 3. The monoisotopic (exact) mass is 475 g/mol. The molecule has 5 rings (SSSR count). The van der Waals surface area contributed by atoms with Gasteiger partial charge in [-0.15, -0.1) is 0 Å². The largest absolute Gasteiger partial charge is 0.382 e. The van der Waals surface area contributed by atoms with Crippen molar-refractivity contribution in [1.82, 2.24) is 30.1 Å². The van der Waals surface area contributed by atoms with Gasteiger partial charge in [0.15, 0.2) is 0 Å². The number of hydrogen-bond donors (Lipinski definition) is 3. The van der Waals surface area contributed by atoms with Crippen LogP contribution in [0.2, 0.25) is 0 Å². The minimum Gasteiger partial charge on any atom is -0.382 e. The van der Waals surface area contributed by atoms with Gasteiger partial charge in [-0.05, 0) is 64.1 Å². The van der Waals surface area contributed by atoms with E-state index in [4.69, 9.17) is 4.98 Å². The second-order valence-electron chi connectivity index (χ2n) is 8.97. The first-order chi connectivity index (χ1) is 17.5. The lowest BCUT2D eigenvalue weighted by Gasteiger charge is -2.10. The lowest BCUT2D eigenvalue weighted by Crippen LogP contribution is -2.09. The van der Waals surface area contributed by atoms with Crippen LogP contribution in [0.3, 0.4) is 0 Å². The zero-order chi connectivity index (χ0) is 25.1. The van der Waals surface area contributed by atoms with Crippen molar-refractivity contribution in [3.63, 3.8) is 0 Å². The van der Waals surface area contributed by atoms with Crippen LogP contribution in [0.1, 0.15) is 37.7 Å². The molecule has 3 N–H and O–H groups in total. The van der Waals surface area contributed by atoms with Crippen molar-refractivity contribution in [2.45, 2.75) is 33.7 Å². The van der Waals surface area contributed by atoms with E-state index in [1.165, 1.54) is 0 Å². The SMILES string of the molecule is C/C=C\C=C(\c1ccccn1)c1cc(-c2n[nH]c3ccc(-c4cncc(NC(C)C)c4)nc23)[nH]c1C. The van der Waals surface area contributed by atoms with Crippen molar-refractivity contribution in [2.24, 2.45) is 0 Å². The number of aryl methyl sites for hydroxylation is 1.